The quantitative estimate of drug-likeness (QED) is 0.807. The van der Waals surface area contributed by atoms with Gasteiger partial charge in [0.25, 0.3) is 0 Å². The molecule has 0 saturated carbocycles. The number of aryl methyl sites for hydroxylation is 2. The molecule has 0 spiro atoms. The number of amides is 1. The molecule has 0 unspecified atom stereocenters. The third kappa shape index (κ3) is 2.68. The van der Waals surface area contributed by atoms with E-state index in [1.165, 1.54) is 0 Å². The van der Waals surface area contributed by atoms with Gasteiger partial charge in [-0.2, -0.15) is 5.10 Å². The van der Waals surface area contributed by atoms with E-state index in [1.54, 1.807) is 16.9 Å². The summed E-state index contributed by atoms with van der Waals surface area (Å²) < 4.78 is 1.65. The van der Waals surface area contributed by atoms with Crippen LogP contribution in [0.3, 0.4) is 0 Å². The van der Waals surface area contributed by atoms with Gasteiger partial charge in [0.2, 0.25) is 5.91 Å². The van der Waals surface area contributed by atoms with Crippen molar-refractivity contribution in [3.8, 4) is 0 Å². The number of anilines is 2. The van der Waals surface area contributed by atoms with Crippen LogP contribution in [0.25, 0.3) is 0 Å². The van der Waals surface area contributed by atoms with Crippen molar-refractivity contribution in [3.63, 3.8) is 0 Å². The fourth-order valence-corrected chi connectivity index (χ4v) is 1.66. The first-order chi connectivity index (χ1) is 8.56. The van der Waals surface area contributed by atoms with Crippen LogP contribution in [0.5, 0.6) is 0 Å². The van der Waals surface area contributed by atoms with Gasteiger partial charge in [0, 0.05) is 23.3 Å². The van der Waals surface area contributed by atoms with Gasteiger partial charge in [0.15, 0.2) is 0 Å². The zero-order valence-corrected chi connectivity index (χ0v) is 10.5. The second-order valence-corrected chi connectivity index (χ2v) is 4.25. The molecular formula is C13H16N4O. The van der Waals surface area contributed by atoms with Crippen LogP contribution < -0.4 is 11.1 Å². The van der Waals surface area contributed by atoms with Gasteiger partial charge >= 0.3 is 0 Å². The van der Waals surface area contributed by atoms with Crippen molar-refractivity contribution in [3.05, 3.63) is 41.7 Å². The van der Waals surface area contributed by atoms with Crippen molar-refractivity contribution in [2.75, 3.05) is 11.1 Å². The number of benzene rings is 1. The van der Waals surface area contributed by atoms with E-state index in [-0.39, 0.29) is 12.5 Å². The fraction of sp³-hybridized carbons (Fsp3) is 0.231. The Hall–Kier alpha value is -2.30. The number of carbonyl (C=O) groups is 1. The molecule has 0 aliphatic rings. The third-order valence-electron chi connectivity index (χ3n) is 2.76. The van der Waals surface area contributed by atoms with Gasteiger partial charge < -0.3 is 11.1 Å². The van der Waals surface area contributed by atoms with Crippen LogP contribution in [0.15, 0.2) is 30.5 Å². The number of nitrogens with one attached hydrogen (secondary N) is 1. The number of rotatable bonds is 3. The Balaban J connectivity index is 2.08. The minimum Gasteiger partial charge on any atom is -0.399 e. The van der Waals surface area contributed by atoms with Crippen LogP contribution in [0.1, 0.15) is 11.3 Å². The van der Waals surface area contributed by atoms with Crippen LogP contribution in [0.2, 0.25) is 0 Å². The molecule has 2 aromatic rings. The summed E-state index contributed by atoms with van der Waals surface area (Å²) in [4.78, 5) is 11.9. The van der Waals surface area contributed by atoms with E-state index >= 15 is 0 Å². The lowest BCUT2D eigenvalue weighted by Gasteiger charge is -2.10. The van der Waals surface area contributed by atoms with Gasteiger partial charge in [-0.1, -0.05) is 6.07 Å². The Bertz CT molecular complexity index is 574. The van der Waals surface area contributed by atoms with Gasteiger partial charge in [-0.05, 0) is 37.6 Å². The molecule has 0 bridgehead atoms. The summed E-state index contributed by atoms with van der Waals surface area (Å²) in [5, 5.41) is 6.91. The average molecular weight is 244 g/mol. The number of hydrogen-bond donors (Lipinski definition) is 2. The Kier molecular flexibility index (Phi) is 3.32. The van der Waals surface area contributed by atoms with Crippen LogP contribution in [-0.2, 0) is 11.3 Å². The van der Waals surface area contributed by atoms with Crippen LogP contribution in [0.4, 0.5) is 11.4 Å². The van der Waals surface area contributed by atoms with Gasteiger partial charge in [-0.25, -0.2) is 0 Å². The number of carbonyl (C=O) groups excluding carboxylic acids is 1. The molecular weight excluding hydrogens is 228 g/mol. The normalized spacial score (nSPS) is 10.3. The first-order valence-corrected chi connectivity index (χ1v) is 5.70. The van der Waals surface area contributed by atoms with Crippen molar-refractivity contribution in [1.82, 2.24) is 9.78 Å². The average Bonchev–Trinajstić information content (AvgIpc) is 2.70. The Morgan fingerprint density at radius 1 is 1.39 bits per heavy atom. The molecule has 1 heterocycles. The summed E-state index contributed by atoms with van der Waals surface area (Å²) in [7, 11) is 0. The van der Waals surface area contributed by atoms with Crippen LogP contribution in [-0.4, -0.2) is 15.7 Å². The maximum absolute atomic E-state index is 11.9. The van der Waals surface area contributed by atoms with Gasteiger partial charge in [0.05, 0.1) is 0 Å². The van der Waals surface area contributed by atoms with Gasteiger partial charge in [-0.15, -0.1) is 0 Å². The molecule has 0 atom stereocenters. The summed E-state index contributed by atoms with van der Waals surface area (Å²) in [6.45, 7) is 4.04. The molecule has 0 radical (unpaired) electrons. The molecule has 5 nitrogen and oxygen atoms in total. The number of nitrogen functional groups attached to an aromatic ring is 1. The van der Waals surface area contributed by atoms with Crippen LogP contribution >= 0.6 is 0 Å². The lowest BCUT2D eigenvalue weighted by Crippen LogP contribution is -2.20. The standard InChI is InChI=1S/C13H16N4O/c1-9-3-4-11(14)7-12(9)16-13(18)8-17-10(2)5-6-15-17/h3-7H,8,14H2,1-2H3,(H,16,18). The summed E-state index contributed by atoms with van der Waals surface area (Å²) in [5.41, 5.74) is 9.00. The Morgan fingerprint density at radius 3 is 2.83 bits per heavy atom. The first-order valence-electron chi connectivity index (χ1n) is 5.70. The molecule has 2 rings (SSSR count). The topological polar surface area (TPSA) is 72.9 Å². The van der Waals surface area contributed by atoms with Gasteiger partial charge in [-0.3, -0.25) is 9.48 Å². The molecule has 0 aliphatic heterocycles. The molecule has 1 aromatic heterocycles. The molecule has 5 heteroatoms. The molecule has 3 N–H and O–H groups in total. The highest BCUT2D eigenvalue weighted by Crippen LogP contribution is 2.18. The molecule has 0 aliphatic carbocycles. The largest absolute Gasteiger partial charge is 0.399 e. The van der Waals surface area contributed by atoms with Crippen LogP contribution in [0, 0.1) is 13.8 Å². The molecule has 0 fully saturated rings. The zero-order chi connectivity index (χ0) is 13.1. The number of hydrogen-bond acceptors (Lipinski definition) is 3. The monoisotopic (exact) mass is 244 g/mol. The molecule has 94 valence electrons. The predicted molar refractivity (Wildman–Crippen MR) is 71.2 cm³/mol. The van der Waals surface area contributed by atoms with Crippen molar-refractivity contribution < 1.29 is 4.79 Å². The summed E-state index contributed by atoms with van der Waals surface area (Å²) in [6, 6.07) is 7.30. The summed E-state index contributed by atoms with van der Waals surface area (Å²) in [6.07, 6.45) is 1.67. The second kappa shape index (κ2) is 4.91. The second-order valence-electron chi connectivity index (χ2n) is 4.25. The minimum atomic E-state index is -0.115. The van der Waals surface area contributed by atoms with Gasteiger partial charge in [0.1, 0.15) is 6.54 Å². The predicted octanol–water partition coefficient (Wildman–Crippen LogP) is 1.72. The smallest absolute Gasteiger partial charge is 0.246 e. The highest BCUT2D eigenvalue weighted by molar-refractivity contribution is 5.91. The minimum absolute atomic E-state index is 0.115. The van der Waals surface area contributed by atoms with Crippen molar-refractivity contribution in [2.45, 2.75) is 20.4 Å². The third-order valence-corrected chi connectivity index (χ3v) is 2.76. The van der Waals surface area contributed by atoms with Crippen molar-refractivity contribution in [2.24, 2.45) is 0 Å². The SMILES string of the molecule is Cc1ccc(N)cc1NC(=O)Cn1nccc1C. The van der Waals surface area contributed by atoms with Crippen molar-refractivity contribution in [1.29, 1.82) is 0 Å². The summed E-state index contributed by atoms with van der Waals surface area (Å²) in [5.74, 6) is -0.115. The Morgan fingerprint density at radius 2 is 2.17 bits per heavy atom. The van der Waals surface area contributed by atoms with E-state index in [4.69, 9.17) is 5.73 Å². The van der Waals surface area contributed by atoms with E-state index in [1.807, 2.05) is 32.0 Å². The van der Waals surface area contributed by atoms with Crippen molar-refractivity contribution >= 4 is 17.3 Å². The number of aromatic nitrogens is 2. The highest BCUT2D eigenvalue weighted by atomic mass is 16.2. The maximum atomic E-state index is 11.9. The van der Waals surface area contributed by atoms with E-state index in [0.29, 0.717) is 5.69 Å². The number of nitrogens with two attached hydrogens (primary N) is 1. The molecule has 1 aromatic carbocycles. The molecule has 1 amide bonds. The number of nitrogens with zero attached hydrogens (tertiary/aromatic N) is 2. The lowest BCUT2D eigenvalue weighted by atomic mass is 10.2. The van der Waals surface area contributed by atoms with E-state index in [0.717, 1.165) is 16.9 Å². The summed E-state index contributed by atoms with van der Waals surface area (Å²) >= 11 is 0. The van der Waals surface area contributed by atoms with E-state index < -0.39 is 0 Å². The molecule has 0 saturated heterocycles. The van der Waals surface area contributed by atoms with E-state index in [2.05, 4.69) is 10.4 Å². The Labute approximate surface area is 106 Å². The molecule has 18 heavy (non-hydrogen) atoms. The zero-order valence-electron chi connectivity index (χ0n) is 10.5. The highest BCUT2D eigenvalue weighted by Gasteiger charge is 2.07. The first kappa shape index (κ1) is 12.2. The maximum Gasteiger partial charge on any atom is 0.246 e. The fourth-order valence-electron chi connectivity index (χ4n) is 1.66. The lowest BCUT2D eigenvalue weighted by molar-refractivity contribution is -0.116. The van der Waals surface area contributed by atoms with E-state index in [9.17, 15) is 4.79 Å².